The number of rotatable bonds is 5. The predicted octanol–water partition coefficient (Wildman–Crippen LogP) is 2.78. The Bertz CT molecular complexity index is 550. The third-order valence-corrected chi connectivity index (χ3v) is 4.12. The molecule has 1 N–H and O–H groups in total. The zero-order chi connectivity index (χ0) is 13.8. The maximum Gasteiger partial charge on any atom is 0.138 e. The Hall–Kier alpha value is -1.20. The molecule has 0 fully saturated rings. The van der Waals surface area contributed by atoms with Gasteiger partial charge in [0, 0.05) is 24.0 Å². The van der Waals surface area contributed by atoms with Crippen molar-refractivity contribution in [2.75, 3.05) is 6.54 Å². The van der Waals surface area contributed by atoms with Gasteiger partial charge in [-0.1, -0.05) is 35.0 Å². The molecule has 102 valence electrons. The Morgan fingerprint density at radius 1 is 1.42 bits per heavy atom. The lowest BCUT2D eigenvalue weighted by atomic mass is 10.0. The molecule has 2 aromatic rings. The van der Waals surface area contributed by atoms with Crippen LogP contribution in [0.3, 0.4) is 0 Å². The summed E-state index contributed by atoms with van der Waals surface area (Å²) < 4.78 is 2.97. The highest BCUT2D eigenvalue weighted by molar-refractivity contribution is 9.10. The van der Waals surface area contributed by atoms with Crippen LogP contribution in [0.15, 0.2) is 29.0 Å². The monoisotopic (exact) mass is 322 g/mol. The maximum atomic E-state index is 4.31. The smallest absolute Gasteiger partial charge is 0.138 e. The molecule has 0 amide bonds. The van der Waals surface area contributed by atoms with Crippen LogP contribution in [-0.4, -0.2) is 21.3 Å². The molecule has 5 heteroatoms. The van der Waals surface area contributed by atoms with Crippen LogP contribution in [0.25, 0.3) is 0 Å². The van der Waals surface area contributed by atoms with E-state index in [0.29, 0.717) is 0 Å². The minimum atomic E-state index is 0.264. The van der Waals surface area contributed by atoms with Crippen molar-refractivity contribution in [3.05, 3.63) is 46.0 Å². The molecule has 2 rings (SSSR count). The average Bonchev–Trinajstić information content (AvgIpc) is 2.78. The molecule has 0 saturated heterocycles. The zero-order valence-corrected chi connectivity index (χ0v) is 13.1. The predicted molar refractivity (Wildman–Crippen MR) is 80.0 cm³/mol. The van der Waals surface area contributed by atoms with E-state index in [0.717, 1.165) is 23.3 Å². The van der Waals surface area contributed by atoms with Crippen LogP contribution in [-0.2, 0) is 13.5 Å². The number of hydrogen-bond donors (Lipinski definition) is 1. The summed E-state index contributed by atoms with van der Waals surface area (Å²) in [7, 11) is 1.93. The minimum absolute atomic E-state index is 0.264. The van der Waals surface area contributed by atoms with Crippen LogP contribution in [0, 0.1) is 6.92 Å². The third kappa shape index (κ3) is 3.42. The van der Waals surface area contributed by atoms with E-state index >= 15 is 0 Å². The van der Waals surface area contributed by atoms with Crippen LogP contribution in [0.5, 0.6) is 0 Å². The number of halogens is 1. The number of nitrogens with zero attached hydrogens (tertiary/aromatic N) is 3. The number of hydrogen-bond acceptors (Lipinski definition) is 3. The van der Waals surface area contributed by atoms with Gasteiger partial charge in [-0.2, -0.15) is 5.10 Å². The van der Waals surface area contributed by atoms with Crippen molar-refractivity contribution in [2.24, 2.45) is 7.05 Å². The lowest BCUT2D eigenvalue weighted by Crippen LogP contribution is -2.24. The Morgan fingerprint density at radius 3 is 2.79 bits per heavy atom. The van der Waals surface area contributed by atoms with E-state index in [1.165, 1.54) is 11.1 Å². The van der Waals surface area contributed by atoms with Crippen molar-refractivity contribution in [2.45, 2.75) is 26.3 Å². The number of likely N-dealkylation sites (N-methyl/N-ethyl adjacent to an activating group) is 1. The first-order valence-electron chi connectivity index (χ1n) is 6.44. The van der Waals surface area contributed by atoms with Gasteiger partial charge in [-0.15, -0.1) is 0 Å². The highest BCUT2D eigenvalue weighted by Crippen LogP contribution is 2.23. The van der Waals surface area contributed by atoms with Gasteiger partial charge < -0.3 is 5.32 Å². The zero-order valence-electron chi connectivity index (χ0n) is 11.5. The molecule has 4 nitrogen and oxygen atoms in total. The fraction of sp³-hybridized carbons (Fsp3) is 0.429. The molecule has 0 aliphatic carbocycles. The number of aryl methyl sites for hydroxylation is 2. The number of aromatic nitrogens is 3. The first-order chi connectivity index (χ1) is 9.11. The Labute approximate surface area is 122 Å². The molecule has 0 aliphatic rings. The highest BCUT2D eigenvalue weighted by atomic mass is 79.9. The van der Waals surface area contributed by atoms with Gasteiger partial charge in [-0.3, -0.25) is 4.68 Å². The first kappa shape index (κ1) is 14.2. The molecule has 0 spiro atoms. The molecular formula is C14H19BrN4. The van der Waals surface area contributed by atoms with Gasteiger partial charge in [0.15, 0.2) is 0 Å². The van der Waals surface area contributed by atoms with Crippen LogP contribution in [0.4, 0.5) is 0 Å². The molecule has 1 unspecified atom stereocenters. The third-order valence-electron chi connectivity index (χ3n) is 3.23. The molecular weight excluding hydrogens is 304 g/mol. The summed E-state index contributed by atoms with van der Waals surface area (Å²) in [6, 6.07) is 6.74. The normalized spacial score (nSPS) is 12.6. The molecule has 0 radical (unpaired) electrons. The summed E-state index contributed by atoms with van der Waals surface area (Å²) in [5.41, 5.74) is 2.53. The molecule has 19 heavy (non-hydrogen) atoms. The van der Waals surface area contributed by atoms with Crippen LogP contribution in [0.1, 0.15) is 29.9 Å². The van der Waals surface area contributed by atoms with Crippen molar-refractivity contribution < 1.29 is 0 Å². The van der Waals surface area contributed by atoms with Gasteiger partial charge in [0.05, 0.1) is 0 Å². The standard InChI is InChI=1S/C14H19BrN4/c1-4-16-13(8-14-17-9-18-19(14)3)11-5-6-12(15)10(2)7-11/h5-7,9,13,16H,4,8H2,1-3H3. The van der Waals surface area contributed by atoms with E-state index in [1.54, 1.807) is 6.33 Å². The van der Waals surface area contributed by atoms with Crippen LogP contribution in [0.2, 0.25) is 0 Å². The van der Waals surface area contributed by atoms with Crippen molar-refractivity contribution >= 4 is 15.9 Å². The summed E-state index contributed by atoms with van der Waals surface area (Å²) in [6.07, 6.45) is 2.44. The molecule has 1 aromatic carbocycles. The van der Waals surface area contributed by atoms with E-state index < -0.39 is 0 Å². The van der Waals surface area contributed by atoms with E-state index in [1.807, 2.05) is 11.7 Å². The van der Waals surface area contributed by atoms with Crippen molar-refractivity contribution in [1.29, 1.82) is 0 Å². The first-order valence-corrected chi connectivity index (χ1v) is 7.23. The molecule has 1 heterocycles. The minimum Gasteiger partial charge on any atom is -0.310 e. The van der Waals surface area contributed by atoms with Crippen molar-refractivity contribution in [3.8, 4) is 0 Å². The van der Waals surface area contributed by atoms with Gasteiger partial charge in [0.25, 0.3) is 0 Å². The SMILES string of the molecule is CCNC(Cc1ncnn1C)c1ccc(Br)c(C)c1. The Kier molecular flexibility index (Phi) is 4.71. The number of benzene rings is 1. The quantitative estimate of drug-likeness (QED) is 0.920. The van der Waals surface area contributed by atoms with Gasteiger partial charge in [-0.25, -0.2) is 4.98 Å². The second-order valence-corrected chi connectivity index (χ2v) is 5.48. The Morgan fingerprint density at radius 2 is 2.21 bits per heavy atom. The molecule has 0 aliphatic heterocycles. The van der Waals surface area contributed by atoms with Crippen LogP contribution >= 0.6 is 15.9 Å². The largest absolute Gasteiger partial charge is 0.310 e. The fourth-order valence-corrected chi connectivity index (χ4v) is 2.37. The maximum absolute atomic E-state index is 4.31. The fourth-order valence-electron chi connectivity index (χ4n) is 2.13. The lowest BCUT2D eigenvalue weighted by Gasteiger charge is -2.18. The highest BCUT2D eigenvalue weighted by Gasteiger charge is 2.14. The summed E-state index contributed by atoms with van der Waals surface area (Å²) in [4.78, 5) is 4.31. The van der Waals surface area contributed by atoms with E-state index in [9.17, 15) is 0 Å². The summed E-state index contributed by atoms with van der Waals surface area (Å²) in [5.74, 6) is 0.992. The van der Waals surface area contributed by atoms with Gasteiger partial charge in [-0.05, 0) is 30.7 Å². The van der Waals surface area contributed by atoms with Gasteiger partial charge >= 0.3 is 0 Å². The van der Waals surface area contributed by atoms with Gasteiger partial charge in [0.1, 0.15) is 12.2 Å². The van der Waals surface area contributed by atoms with Crippen LogP contribution < -0.4 is 5.32 Å². The molecule has 0 saturated carbocycles. The molecule has 0 bridgehead atoms. The summed E-state index contributed by atoms with van der Waals surface area (Å²) in [6.45, 7) is 5.16. The second-order valence-electron chi connectivity index (χ2n) is 4.62. The van der Waals surface area contributed by atoms with E-state index in [-0.39, 0.29) is 6.04 Å². The van der Waals surface area contributed by atoms with E-state index in [2.05, 4.69) is 63.4 Å². The molecule has 1 atom stereocenters. The van der Waals surface area contributed by atoms with Gasteiger partial charge in [0.2, 0.25) is 0 Å². The van der Waals surface area contributed by atoms with Crippen molar-refractivity contribution in [3.63, 3.8) is 0 Å². The topological polar surface area (TPSA) is 42.7 Å². The average molecular weight is 323 g/mol. The lowest BCUT2D eigenvalue weighted by molar-refractivity contribution is 0.522. The summed E-state index contributed by atoms with van der Waals surface area (Å²) in [5, 5.41) is 7.64. The Balaban J connectivity index is 2.24. The number of nitrogens with one attached hydrogen (secondary N) is 1. The van der Waals surface area contributed by atoms with E-state index in [4.69, 9.17) is 0 Å². The molecule has 1 aromatic heterocycles. The van der Waals surface area contributed by atoms with Crippen molar-refractivity contribution in [1.82, 2.24) is 20.1 Å². The summed E-state index contributed by atoms with van der Waals surface area (Å²) >= 11 is 3.54. The second kappa shape index (κ2) is 6.30.